The van der Waals surface area contributed by atoms with Crippen molar-refractivity contribution in [3.8, 4) is 5.69 Å². The number of ether oxygens (including phenoxy) is 1. The van der Waals surface area contributed by atoms with Gasteiger partial charge in [0.2, 0.25) is 11.8 Å². The fraction of sp³-hybridized carbons (Fsp3) is 0.600. The minimum absolute atomic E-state index is 0.0741. The second kappa shape index (κ2) is 10.8. The van der Waals surface area contributed by atoms with Crippen molar-refractivity contribution in [2.45, 2.75) is 83.5 Å². The standard InChI is InChI=1S/C25H32ClF2N7O4/c1-23(2,3)39-22(38)30-17(10-24(4)7-8-24)20(36)31-21(37)19-11-25(27,28)13-34(19)12-15-9-16(26)5-6-18(15)35-14-29-32-33-35/h5-6,9,14,17,19H,7-8,10-13H2,1-4H3,(H,30,38)(H,31,36,37)/t17-,19+/m1/s1. The molecular formula is C25H32ClF2N7O4. The molecule has 0 spiro atoms. The van der Waals surface area contributed by atoms with Crippen molar-refractivity contribution in [2.75, 3.05) is 6.54 Å². The number of halogens is 3. The van der Waals surface area contributed by atoms with Crippen molar-refractivity contribution in [3.05, 3.63) is 35.1 Å². The predicted molar refractivity (Wildman–Crippen MR) is 136 cm³/mol. The van der Waals surface area contributed by atoms with Crippen molar-refractivity contribution in [1.29, 1.82) is 0 Å². The number of aromatic nitrogens is 4. The van der Waals surface area contributed by atoms with Gasteiger partial charge in [-0.2, -0.15) is 0 Å². The molecule has 1 saturated heterocycles. The summed E-state index contributed by atoms with van der Waals surface area (Å²) in [4.78, 5) is 40.0. The van der Waals surface area contributed by atoms with Gasteiger partial charge in [0, 0.05) is 18.0 Å². The summed E-state index contributed by atoms with van der Waals surface area (Å²) in [5, 5.41) is 16.2. The van der Waals surface area contributed by atoms with Crippen molar-refractivity contribution in [3.63, 3.8) is 0 Å². The van der Waals surface area contributed by atoms with Crippen molar-refractivity contribution in [1.82, 2.24) is 35.7 Å². The van der Waals surface area contributed by atoms with E-state index in [2.05, 4.69) is 26.2 Å². The normalized spacial score (nSPS) is 20.7. The number of hydrogen-bond donors (Lipinski definition) is 2. The zero-order valence-electron chi connectivity index (χ0n) is 22.2. The molecule has 212 valence electrons. The minimum Gasteiger partial charge on any atom is -0.444 e. The summed E-state index contributed by atoms with van der Waals surface area (Å²) in [6.45, 7) is 6.26. The van der Waals surface area contributed by atoms with Crippen LogP contribution in [0.25, 0.3) is 5.69 Å². The van der Waals surface area contributed by atoms with Crippen LogP contribution in [0.5, 0.6) is 0 Å². The average molecular weight is 568 g/mol. The number of amides is 3. The van der Waals surface area contributed by atoms with Crippen LogP contribution in [-0.2, 0) is 20.9 Å². The van der Waals surface area contributed by atoms with E-state index in [4.69, 9.17) is 16.3 Å². The Morgan fingerprint density at radius 2 is 1.97 bits per heavy atom. The Morgan fingerprint density at radius 1 is 1.26 bits per heavy atom. The number of carbonyl (C=O) groups is 3. The molecule has 0 unspecified atom stereocenters. The van der Waals surface area contributed by atoms with E-state index in [1.807, 2.05) is 6.92 Å². The number of alkyl carbamates (subject to hydrolysis) is 1. The molecule has 4 rings (SSSR count). The van der Waals surface area contributed by atoms with E-state index in [0.29, 0.717) is 16.3 Å². The van der Waals surface area contributed by atoms with Crippen LogP contribution in [0, 0.1) is 5.41 Å². The number of imide groups is 1. The largest absolute Gasteiger partial charge is 0.444 e. The summed E-state index contributed by atoms with van der Waals surface area (Å²) < 4.78 is 35.8. The molecule has 1 aliphatic carbocycles. The molecule has 3 amide bonds. The van der Waals surface area contributed by atoms with E-state index in [-0.39, 0.29) is 18.4 Å². The zero-order valence-corrected chi connectivity index (χ0v) is 23.0. The van der Waals surface area contributed by atoms with E-state index in [1.165, 1.54) is 15.9 Å². The van der Waals surface area contributed by atoms with Crippen molar-refractivity contribution < 1.29 is 27.9 Å². The Balaban J connectivity index is 1.50. The quantitative estimate of drug-likeness (QED) is 0.497. The molecule has 1 aromatic carbocycles. The lowest BCUT2D eigenvalue weighted by atomic mass is 9.98. The lowest BCUT2D eigenvalue weighted by Crippen LogP contribution is -2.53. The molecule has 2 aromatic rings. The van der Waals surface area contributed by atoms with E-state index in [0.717, 1.165) is 12.8 Å². The maximum atomic E-state index is 14.6. The van der Waals surface area contributed by atoms with Gasteiger partial charge in [0.15, 0.2) is 0 Å². The van der Waals surface area contributed by atoms with Gasteiger partial charge in [0.1, 0.15) is 18.0 Å². The lowest BCUT2D eigenvalue weighted by Gasteiger charge is -2.26. The Labute approximate surface area is 229 Å². The number of rotatable bonds is 8. The first-order valence-electron chi connectivity index (χ1n) is 12.6. The fourth-order valence-corrected chi connectivity index (χ4v) is 4.76. The maximum Gasteiger partial charge on any atom is 0.408 e. The van der Waals surface area contributed by atoms with Crippen LogP contribution in [0.15, 0.2) is 24.5 Å². The lowest BCUT2D eigenvalue weighted by molar-refractivity contribution is -0.134. The van der Waals surface area contributed by atoms with E-state index in [9.17, 15) is 23.2 Å². The van der Waals surface area contributed by atoms with E-state index < -0.39 is 54.5 Å². The molecule has 2 heterocycles. The molecule has 2 atom stereocenters. The molecule has 2 fully saturated rings. The minimum atomic E-state index is -3.16. The van der Waals surface area contributed by atoms with Crippen LogP contribution in [-0.4, -0.2) is 73.2 Å². The molecule has 0 radical (unpaired) electrons. The Kier molecular flexibility index (Phi) is 7.95. The number of nitrogens with one attached hydrogen (secondary N) is 2. The highest BCUT2D eigenvalue weighted by atomic mass is 35.5. The van der Waals surface area contributed by atoms with Crippen LogP contribution >= 0.6 is 11.6 Å². The third-order valence-electron chi connectivity index (χ3n) is 6.73. The number of nitrogens with zero attached hydrogens (tertiary/aromatic N) is 5. The number of benzene rings is 1. The predicted octanol–water partition coefficient (Wildman–Crippen LogP) is 3.25. The first kappa shape index (κ1) is 28.8. The highest BCUT2D eigenvalue weighted by Crippen LogP contribution is 2.49. The molecule has 11 nitrogen and oxygen atoms in total. The van der Waals surface area contributed by atoms with Gasteiger partial charge in [-0.1, -0.05) is 18.5 Å². The summed E-state index contributed by atoms with van der Waals surface area (Å²) in [6.07, 6.45) is 1.80. The SMILES string of the molecule is CC1(C[C@@H](NC(=O)OC(C)(C)C)C(=O)NC(=O)[C@@H]2CC(F)(F)CN2Cc2cc(Cl)ccc2-n2cnnn2)CC1. The molecule has 39 heavy (non-hydrogen) atoms. The number of hydrogen-bond acceptors (Lipinski definition) is 8. The summed E-state index contributed by atoms with van der Waals surface area (Å²) in [5.41, 5.74) is 0.0740. The Bertz CT molecular complexity index is 1230. The molecule has 1 saturated carbocycles. The van der Waals surface area contributed by atoms with E-state index >= 15 is 0 Å². The average Bonchev–Trinajstić information content (AvgIpc) is 3.16. The van der Waals surface area contributed by atoms with Crippen LogP contribution in [0.2, 0.25) is 5.02 Å². The van der Waals surface area contributed by atoms with Gasteiger partial charge in [0.25, 0.3) is 5.92 Å². The first-order chi connectivity index (χ1) is 18.1. The molecule has 1 aromatic heterocycles. The van der Waals surface area contributed by atoms with Crippen LogP contribution in [0.1, 0.15) is 58.9 Å². The number of likely N-dealkylation sites (tertiary alicyclic amines) is 1. The monoisotopic (exact) mass is 567 g/mol. The Hall–Kier alpha value is -3.19. The van der Waals surface area contributed by atoms with Gasteiger partial charge in [0.05, 0.1) is 18.3 Å². The molecule has 2 aliphatic rings. The van der Waals surface area contributed by atoms with Crippen LogP contribution < -0.4 is 10.6 Å². The van der Waals surface area contributed by atoms with Crippen molar-refractivity contribution >= 4 is 29.5 Å². The first-order valence-corrected chi connectivity index (χ1v) is 13.0. The van der Waals surface area contributed by atoms with Gasteiger partial charge in [-0.05, 0) is 79.6 Å². The second-order valence-electron chi connectivity index (χ2n) is 11.6. The Morgan fingerprint density at radius 3 is 2.59 bits per heavy atom. The third-order valence-corrected chi connectivity index (χ3v) is 6.97. The van der Waals surface area contributed by atoms with Crippen LogP contribution in [0.4, 0.5) is 13.6 Å². The van der Waals surface area contributed by atoms with Gasteiger partial charge in [-0.25, -0.2) is 18.3 Å². The summed E-state index contributed by atoms with van der Waals surface area (Å²) in [7, 11) is 0. The number of tetrazole rings is 1. The number of alkyl halides is 2. The van der Waals surface area contributed by atoms with E-state index in [1.54, 1.807) is 39.0 Å². The molecule has 0 bridgehead atoms. The van der Waals surface area contributed by atoms with Gasteiger partial charge in [-0.3, -0.25) is 19.8 Å². The molecule has 2 N–H and O–H groups in total. The third kappa shape index (κ3) is 7.69. The summed E-state index contributed by atoms with van der Waals surface area (Å²) in [6, 6.07) is 2.48. The zero-order chi connectivity index (χ0) is 28.6. The smallest absolute Gasteiger partial charge is 0.408 e. The molecule has 1 aliphatic heterocycles. The summed E-state index contributed by atoms with van der Waals surface area (Å²) in [5.74, 6) is -4.81. The summed E-state index contributed by atoms with van der Waals surface area (Å²) >= 11 is 6.17. The maximum absolute atomic E-state index is 14.6. The fourth-order valence-electron chi connectivity index (χ4n) is 4.56. The van der Waals surface area contributed by atoms with Gasteiger partial charge >= 0.3 is 6.09 Å². The second-order valence-corrected chi connectivity index (χ2v) is 12.0. The highest BCUT2D eigenvalue weighted by Gasteiger charge is 2.49. The topological polar surface area (TPSA) is 131 Å². The highest BCUT2D eigenvalue weighted by molar-refractivity contribution is 6.30. The van der Waals surface area contributed by atoms with Crippen LogP contribution in [0.3, 0.4) is 0 Å². The van der Waals surface area contributed by atoms with Crippen molar-refractivity contribution in [2.24, 2.45) is 5.41 Å². The van der Waals surface area contributed by atoms with Gasteiger partial charge in [-0.15, -0.1) is 5.10 Å². The van der Waals surface area contributed by atoms with Gasteiger partial charge < -0.3 is 10.1 Å². The number of carbonyl (C=O) groups excluding carboxylic acids is 3. The molecule has 14 heteroatoms. The molecular weight excluding hydrogens is 536 g/mol.